The van der Waals surface area contributed by atoms with Crippen LogP contribution in [0.4, 0.5) is 0 Å². The van der Waals surface area contributed by atoms with Crippen LogP contribution in [-0.2, 0) is 6.61 Å². The first-order chi connectivity index (χ1) is 15.3. The molecule has 0 aliphatic heterocycles. The average molecular weight is 467 g/mol. The minimum atomic E-state index is 0. The number of halogens is 1. The molecule has 0 aliphatic carbocycles. The van der Waals surface area contributed by atoms with Gasteiger partial charge in [-0.05, 0) is 52.4 Å². The van der Waals surface area contributed by atoms with Gasteiger partial charge in [0.25, 0.3) is 0 Å². The molecular weight excluding hydrogens is 451 g/mol. The molecule has 0 amide bonds. The predicted octanol–water partition coefficient (Wildman–Crippen LogP) is 3.13. The fourth-order valence-corrected chi connectivity index (χ4v) is 4.46. The molecule has 0 N–H and O–H groups in total. The Morgan fingerprint density at radius 1 is 0.875 bits per heavy atom. The zero-order valence-electron chi connectivity index (χ0n) is 17.3. The van der Waals surface area contributed by atoms with E-state index in [0.29, 0.717) is 17.5 Å². The zero-order chi connectivity index (χ0) is 21.0. The number of nitrogens with zero attached hydrogens (tertiary/aromatic N) is 4. The molecule has 152 valence electrons. The van der Waals surface area contributed by atoms with Crippen LogP contribution in [0.1, 0.15) is 5.56 Å². The number of benzene rings is 3. The summed E-state index contributed by atoms with van der Waals surface area (Å²) in [6.07, 6.45) is 0. The van der Waals surface area contributed by atoms with Crippen molar-refractivity contribution in [2.45, 2.75) is 6.61 Å². The Morgan fingerprint density at radius 2 is 1.72 bits per heavy atom. The fourth-order valence-electron chi connectivity index (χ4n) is 3.38. The molecule has 0 radical (unpaired) electrons. The summed E-state index contributed by atoms with van der Waals surface area (Å²) in [6, 6.07) is 26.0. The molecule has 32 heavy (non-hydrogen) atoms. The Kier molecular flexibility index (Phi) is 7.40. The average Bonchev–Trinajstić information content (AvgIpc) is 3.51. The minimum Gasteiger partial charge on any atom is -0.488 e. The number of aromatic nitrogens is 4. The van der Waals surface area contributed by atoms with Gasteiger partial charge < -0.3 is 9.84 Å². The summed E-state index contributed by atoms with van der Waals surface area (Å²) < 4.78 is 6.18. The van der Waals surface area contributed by atoms with Gasteiger partial charge in [-0.15, -0.1) is 11.3 Å². The molecule has 0 spiro atoms. The van der Waals surface area contributed by atoms with Crippen molar-refractivity contribution in [2.24, 2.45) is 0 Å². The predicted molar refractivity (Wildman–Crippen MR) is 123 cm³/mol. The second-order valence-electron chi connectivity index (χ2n) is 6.86. The summed E-state index contributed by atoms with van der Waals surface area (Å²) in [5.74, 6) is 1.30. The number of hydrogen-bond acceptors (Lipinski definition) is 5. The van der Waals surface area contributed by atoms with Crippen molar-refractivity contribution in [3.05, 3.63) is 94.8 Å². The molecule has 5 aromatic rings. The summed E-state index contributed by atoms with van der Waals surface area (Å²) >= 11 is 8.02. The van der Waals surface area contributed by atoms with E-state index in [4.69, 9.17) is 16.3 Å². The van der Waals surface area contributed by atoms with Crippen molar-refractivity contribution in [1.29, 1.82) is 0 Å². The maximum Gasteiger partial charge on any atom is 1.00 e. The summed E-state index contributed by atoms with van der Waals surface area (Å²) in [6.45, 7) is 0.485. The largest absolute Gasteiger partial charge is 1.00 e. The molecule has 2 aromatic heterocycles. The first-order valence-corrected chi connectivity index (χ1v) is 10.9. The van der Waals surface area contributed by atoms with Gasteiger partial charge in [0.2, 0.25) is 0 Å². The first kappa shape index (κ1) is 22.7. The monoisotopic (exact) mass is 466 g/mol. The van der Waals surface area contributed by atoms with Crippen LogP contribution in [0.3, 0.4) is 0 Å². The molecule has 3 aromatic carbocycles. The number of rotatable bonds is 6. The normalized spacial score (nSPS) is 10.5. The van der Waals surface area contributed by atoms with Crippen molar-refractivity contribution < 1.29 is 34.3 Å². The van der Waals surface area contributed by atoms with Crippen LogP contribution < -0.4 is 39.4 Å². The Labute approximate surface area is 216 Å². The van der Waals surface area contributed by atoms with Gasteiger partial charge in [0, 0.05) is 26.9 Å². The van der Waals surface area contributed by atoms with Gasteiger partial charge in [0.15, 0.2) is 0 Å². The molecule has 0 atom stereocenters. The first-order valence-electron chi connectivity index (χ1n) is 9.61. The number of tetrazole rings is 1. The molecule has 0 saturated carbocycles. The van der Waals surface area contributed by atoms with E-state index in [-0.39, 0.29) is 29.6 Å². The Balaban J connectivity index is 0.00000245. The van der Waals surface area contributed by atoms with Crippen molar-refractivity contribution in [2.75, 3.05) is 0 Å². The van der Waals surface area contributed by atoms with Crippen LogP contribution in [0.25, 0.3) is 33.0 Å². The van der Waals surface area contributed by atoms with Gasteiger partial charge >= 0.3 is 29.6 Å². The maximum absolute atomic E-state index is 6.36. The number of hydrogen-bond donors (Lipinski definition) is 0. The van der Waals surface area contributed by atoms with Gasteiger partial charge in [0.1, 0.15) is 12.4 Å². The minimum absolute atomic E-state index is 0. The van der Waals surface area contributed by atoms with Crippen LogP contribution in [0, 0.1) is 0 Å². The van der Waals surface area contributed by atoms with Crippen LogP contribution >= 0.6 is 22.9 Å². The van der Waals surface area contributed by atoms with Crippen LogP contribution in [0.15, 0.2) is 84.2 Å². The van der Waals surface area contributed by atoms with E-state index in [1.165, 1.54) is 0 Å². The van der Waals surface area contributed by atoms with E-state index in [9.17, 15) is 0 Å². The van der Waals surface area contributed by atoms with Gasteiger partial charge in [0.05, 0.1) is 0 Å². The quantitative estimate of drug-likeness (QED) is 0.360. The van der Waals surface area contributed by atoms with E-state index in [0.717, 1.165) is 38.4 Å². The van der Waals surface area contributed by atoms with E-state index in [2.05, 4.69) is 38.1 Å². The second kappa shape index (κ2) is 10.4. The molecule has 0 saturated heterocycles. The van der Waals surface area contributed by atoms with Crippen molar-refractivity contribution in [1.82, 2.24) is 20.6 Å². The molecule has 0 unspecified atom stereocenters. The van der Waals surface area contributed by atoms with Crippen molar-refractivity contribution in [3.8, 4) is 38.7 Å². The maximum atomic E-state index is 6.36. The summed E-state index contributed by atoms with van der Waals surface area (Å²) in [7, 11) is 0. The van der Waals surface area contributed by atoms with Gasteiger partial charge in [-0.2, -0.15) is 5.21 Å². The van der Waals surface area contributed by atoms with E-state index >= 15 is 0 Å². The third-order valence-corrected chi connectivity index (χ3v) is 6.03. The molecular formula is C24H16ClN4NaOS. The molecule has 5 rings (SSSR count). The third kappa shape index (κ3) is 4.95. The van der Waals surface area contributed by atoms with E-state index < -0.39 is 0 Å². The smallest absolute Gasteiger partial charge is 0.488 e. The molecule has 0 fully saturated rings. The standard InChI is InChI=1S/C24H16ClN4OS.Na/c25-19-9-10-22(30-15-16-5-2-1-3-6-16)21(14-19)20-11-12-31-23(20)17-7-4-8-18(13-17)24-26-28-29-27-24;/h1-14H,15H2;/q-1;+1. The van der Waals surface area contributed by atoms with Crippen LogP contribution in [-0.4, -0.2) is 15.5 Å². The Hall–Kier alpha value is -2.48. The van der Waals surface area contributed by atoms with Gasteiger partial charge in [-0.3, -0.25) is 10.3 Å². The van der Waals surface area contributed by atoms with E-state index in [1.807, 2.05) is 66.7 Å². The number of ether oxygens (including phenoxy) is 1. The van der Waals surface area contributed by atoms with Crippen LogP contribution in [0.2, 0.25) is 5.02 Å². The summed E-state index contributed by atoms with van der Waals surface area (Å²) in [5.41, 5.74) is 5.05. The molecule has 2 heterocycles. The summed E-state index contributed by atoms with van der Waals surface area (Å²) in [4.78, 5) is 1.11. The molecule has 5 nitrogen and oxygen atoms in total. The van der Waals surface area contributed by atoms with Gasteiger partial charge in [-0.1, -0.05) is 60.1 Å². The number of thiophene rings is 1. The molecule has 0 bridgehead atoms. The van der Waals surface area contributed by atoms with Crippen molar-refractivity contribution >= 4 is 22.9 Å². The van der Waals surface area contributed by atoms with Gasteiger partial charge in [-0.25, -0.2) is 0 Å². The zero-order valence-corrected chi connectivity index (χ0v) is 20.8. The summed E-state index contributed by atoms with van der Waals surface area (Å²) in [5, 5.41) is 17.8. The van der Waals surface area contributed by atoms with Crippen LogP contribution in [0.5, 0.6) is 5.75 Å². The SMILES string of the molecule is Clc1ccc(OCc2ccccc2)c(-c2ccsc2-c2cccc(-c3nnn[n-]3)c2)c1.[Na+]. The molecule has 8 heteroatoms. The second-order valence-corrected chi connectivity index (χ2v) is 8.21. The Morgan fingerprint density at radius 3 is 2.53 bits per heavy atom. The fraction of sp³-hybridized carbons (Fsp3) is 0.0417. The van der Waals surface area contributed by atoms with Crippen molar-refractivity contribution in [3.63, 3.8) is 0 Å². The third-order valence-electron chi connectivity index (χ3n) is 4.84. The topological polar surface area (TPSA) is 62.0 Å². The Bertz CT molecular complexity index is 1310. The van der Waals surface area contributed by atoms with E-state index in [1.54, 1.807) is 11.3 Å². The molecule has 0 aliphatic rings.